The number of nitrogens with zero attached hydrogens (tertiary/aromatic N) is 2. The number of Topliss-reactive ketones (excluding diaryl/α,β-unsaturated/α-hetero) is 1. The molecule has 2 aromatic carbocycles. The van der Waals surface area contributed by atoms with E-state index in [4.69, 9.17) is 0 Å². The number of rotatable bonds is 2. The van der Waals surface area contributed by atoms with Gasteiger partial charge in [-0.05, 0) is 38.1 Å². The smallest absolute Gasteiger partial charge is 0.151 e. The highest BCUT2D eigenvalue weighted by Crippen LogP contribution is 2.44. The molecule has 3 heteroatoms. The Morgan fingerprint density at radius 2 is 1.00 bits per heavy atom. The predicted molar refractivity (Wildman–Crippen MR) is 98.5 cm³/mol. The first-order valence-electron chi connectivity index (χ1n) is 8.65. The van der Waals surface area contributed by atoms with Gasteiger partial charge in [0.15, 0.2) is 5.78 Å². The Labute approximate surface area is 143 Å². The van der Waals surface area contributed by atoms with Gasteiger partial charge < -0.3 is 9.80 Å². The highest BCUT2D eigenvalue weighted by molar-refractivity contribution is 5.95. The van der Waals surface area contributed by atoms with Gasteiger partial charge in [0.25, 0.3) is 0 Å². The molecule has 0 spiro atoms. The SMILES string of the molecule is CC12CN(c3ccccc3)CC(C)(CN(c3ccccc3)C1)C2=O. The van der Waals surface area contributed by atoms with Crippen LogP contribution in [0.4, 0.5) is 11.4 Å². The van der Waals surface area contributed by atoms with Gasteiger partial charge in [0.1, 0.15) is 0 Å². The van der Waals surface area contributed by atoms with E-state index in [1.54, 1.807) is 0 Å². The minimum absolute atomic E-state index is 0.336. The number of benzene rings is 2. The topological polar surface area (TPSA) is 23.6 Å². The van der Waals surface area contributed by atoms with Crippen molar-refractivity contribution in [2.45, 2.75) is 13.8 Å². The van der Waals surface area contributed by atoms with Gasteiger partial charge >= 0.3 is 0 Å². The highest BCUT2D eigenvalue weighted by Gasteiger charge is 2.55. The summed E-state index contributed by atoms with van der Waals surface area (Å²) in [5.74, 6) is 0.425. The van der Waals surface area contributed by atoms with Crippen LogP contribution < -0.4 is 9.80 Å². The van der Waals surface area contributed by atoms with E-state index in [0.29, 0.717) is 5.78 Å². The number of carbonyl (C=O) groups is 1. The van der Waals surface area contributed by atoms with E-state index in [2.05, 4.69) is 72.2 Å². The fourth-order valence-corrected chi connectivity index (χ4v) is 4.56. The van der Waals surface area contributed by atoms with E-state index in [0.717, 1.165) is 26.2 Å². The molecule has 0 radical (unpaired) electrons. The van der Waals surface area contributed by atoms with Gasteiger partial charge in [-0.15, -0.1) is 0 Å². The third-order valence-corrected chi connectivity index (χ3v) is 5.50. The summed E-state index contributed by atoms with van der Waals surface area (Å²) in [6, 6.07) is 21.0. The zero-order valence-electron chi connectivity index (χ0n) is 14.4. The molecule has 2 saturated heterocycles. The van der Waals surface area contributed by atoms with Crippen molar-refractivity contribution in [3.63, 3.8) is 0 Å². The Bertz CT molecular complexity index is 665. The molecule has 2 aliphatic rings. The molecule has 0 saturated carbocycles. The molecule has 2 heterocycles. The molecule has 4 rings (SSSR count). The average Bonchev–Trinajstić information content (AvgIpc) is 2.59. The normalized spacial score (nSPS) is 29.7. The van der Waals surface area contributed by atoms with Crippen LogP contribution in [0, 0.1) is 10.8 Å². The van der Waals surface area contributed by atoms with Crippen LogP contribution in [0.2, 0.25) is 0 Å². The molecule has 2 fully saturated rings. The van der Waals surface area contributed by atoms with Crippen LogP contribution in [0.3, 0.4) is 0 Å². The van der Waals surface area contributed by atoms with Crippen molar-refractivity contribution >= 4 is 17.2 Å². The number of piperidine rings is 2. The number of anilines is 2. The lowest BCUT2D eigenvalue weighted by Gasteiger charge is -2.56. The van der Waals surface area contributed by atoms with Gasteiger partial charge in [-0.2, -0.15) is 0 Å². The zero-order chi connectivity index (χ0) is 16.8. The average molecular weight is 320 g/mol. The molecule has 0 unspecified atom stereocenters. The number of hydrogen-bond donors (Lipinski definition) is 0. The largest absolute Gasteiger partial charge is 0.369 e. The van der Waals surface area contributed by atoms with Crippen molar-refractivity contribution in [1.82, 2.24) is 0 Å². The summed E-state index contributed by atoms with van der Waals surface area (Å²) in [6.45, 7) is 7.42. The van der Waals surface area contributed by atoms with Crippen molar-refractivity contribution in [1.29, 1.82) is 0 Å². The summed E-state index contributed by atoms with van der Waals surface area (Å²) in [5, 5.41) is 0. The molecular formula is C21H24N2O. The highest BCUT2D eigenvalue weighted by atomic mass is 16.1. The summed E-state index contributed by atoms with van der Waals surface area (Å²) in [4.78, 5) is 17.9. The van der Waals surface area contributed by atoms with E-state index in [1.807, 2.05) is 12.1 Å². The molecule has 2 bridgehead atoms. The third-order valence-electron chi connectivity index (χ3n) is 5.50. The number of fused-ring (bicyclic) bond motifs is 2. The molecule has 0 N–H and O–H groups in total. The number of para-hydroxylation sites is 2. The van der Waals surface area contributed by atoms with Crippen LogP contribution in [0.25, 0.3) is 0 Å². The van der Waals surface area contributed by atoms with Crippen molar-refractivity contribution in [2.75, 3.05) is 36.0 Å². The summed E-state index contributed by atoms with van der Waals surface area (Å²) >= 11 is 0. The van der Waals surface area contributed by atoms with Crippen molar-refractivity contribution in [3.8, 4) is 0 Å². The van der Waals surface area contributed by atoms with Gasteiger partial charge in [-0.1, -0.05) is 36.4 Å². The summed E-state index contributed by atoms with van der Waals surface area (Å²) in [5.41, 5.74) is 1.76. The van der Waals surface area contributed by atoms with Crippen molar-refractivity contribution in [3.05, 3.63) is 60.7 Å². The summed E-state index contributed by atoms with van der Waals surface area (Å²) in [7, 11) is 0. The van der Waals surface area contributed by atoms with Crippen LogP contribution in [-0.4, -0.2) is 32.0 Å². The molecule has 3 nitrogen and oxygen atoms in total. The Morgan fingerprint density at radius 1 is 0.667 bits per heavy atom. The maximum Gasteiger partial charge on any atom is 0.151 e. The van der Waals surface area contributed by atoms with E-state index < -0.39 is 0 Å². The maximum atomic E-state index is 13.2. The second-order valence-electron chi connectivity index (χ2n) is 7.83. The van der Waals surface area contributed by atoms with E-state index in [9.17, 15) is 4.79 Å². The van der Waals surface area contributed by atoms with Crippen LogP contribution in [-0.2, 0) is 4.79 Å². The van der Waals surface area contributed by atoms with Crippen molar-refractivity contribution in [2.24, 2.45) is 10.8 Å². The lowest BCUT2D eigenvalue weighted by atomic mass is 9.64. The molecule has 124 valence electrons. The minimum Gasteiger partial charge on any atom is -0.369 e. The fourth-order valence-electron chi connectivity index (χ4n) is 4.56. The minimum atomic E-state index is -0.336. The van der Waals surface area contributed by atoms with E-state index >= 15 is 0 Å². The van der Waals surface area contributed by atoms with Gasteiger partial charge in [-0.25, -0.2) is 0 Å². The third kappa shape index (κ3) is 2.39. The standard InChI is InChI=1S/C21H24N2O/c1-20-13-22(17-9-5-3-6-10-17)15-21(2,19(20)24)16-23(14-20)18-11-7-4-8-12-18/h3-12H,13-16H2,1-2H3. The maximum absolute atomic E-state index is 13.2. The van der Waals surface area contributed by atoms with Gasteiger partial charge in [0, 0.05) is 37.6 Å². The number of carbonyl (C=O) groups excluding carboxylic acids is 1. The van der Waals surface area contributed by atoms with Crippen molar-refractivity contribution < 1.29 is 4.79 Å². The van der Waals surface area contributed by atoms with E-state index in [1.165, 1.54) is 11.4 Å². The number of hydrogen-bond acceptors (Lipinski definition) is 3. The Hall–Kier alpha value is -2.29. The molecule has 0 amide bonds. The van der Waals surface area contributed by atoms with Crippen LogP contribution in [0.1, 0.15) is 13.8 Å². The second-order valence-corrected chi connectivity index (χ2v) is 7.83. The number of ketones is 1. The second kappa shape index (κ2) is 5.37. The lowest BCUT2D eigenvalue weighted by molar-refractivity contribution is -0.140. The molecular weight excluding hydrogens is 296 g/mol. The lowest BCUT2D eigenvalue weighted by Crippen LogP contribution is -2.68. The molecule has 0 atom stereocenters. The molecule has 2 aliphatic heterocycles. The Morgan fingerprint density at radius 3 is 1.33 bits per heavy atom. The zero-order valence-corrected chi connectivity index (χ0v) is 14.4. The fraction of sp³-hybridized carbons (Fsp3) is 0.381. The van der Waals surface area contributed by atoms with Gasteiger partial charge in [0.2, 0.25) is 0 Å². The summed E-state index contributed by atoms with van der Waals surface area (Å²) in [6.07, 6.45) is 0. The first kappa shape index (κ1) is 15.3. The van der Waals surface area contributed by atoms with Gasteiger partial charge in [-0.3, -0.25) is 4.79 Å². The Kier molecular flexibility index (Phi) is 3.41. The predicted octanol–water partition coefficient (Wildman–Crippen LogP) is 3.61. The molecule has 24 heavy (non-hydrogen) atoms. The van der Waals surface area contributed by atoms with Crippen LogP contribution in [0.5, 0.6) is 0 Å². The molecule has 2 aromatic rings. The van der Waals surface area contributed by atoms with Crippen LogP contribution in [0.15, 0.2) is 60.7 Å². The quantitative estimate of drug-likeness (QED) is 0.844. The molecule has 0 aromatic heterocycles. The first-order chi connectivity index (χ1) is 11.5. The molecule has 0 aliphatic carbocycles. The summed E-state index contributed by atoms with van der Waals surface area (Å²) < 4.78 is 0. The monoisotopic (exact) mass is 320 g/mol. The van der Waals surface area contributed by atoms with E-state index in [-0.39, 0.29) is 10.8 Å². The first-order valence-corrected chi connectivity index (χ1v) is 8.65. The van der Waals surface area contributed by atoms with Crippen LogP contribution >= 0.6 is 0 Å². The van der Waals surface area contributed by atoms with Gasteiger partial charge in [0.05, 0.1) is 10.8 Å². The Balaban J connectivity index is 1.68.